The normalized spacial score (nSPS) is 33.4. The zero-order chi connectivity index (χ0) is 21.4. The topological polar surface area (TPSA) is 59.8 Å². The van der Waals surface area contributed by atoms with Gasteiger partial charge in [0.05, 0.1) is 5.75 Å². The summed E-state index contributed by atoms with van der Waals surface area (Å²) >= 11 is 1.53. The summed E-state index contributed by atoms with van der Waals surface area (Å²) in [5, 5.41) is 13.3. The Balaban J connectivity index is 1.20. The van der Waals surface area contributed by atoms with E-state index in [0.29, 0.717) is 23.6 Å². The van der Waals surface area contributed by atoms with Gasteiger partial charge in [-0.1, -0.05) is 37.1 Å². The molecule has 6 heteroatoms. The van der Waals surface area contributed by atoms with Gasteiger partial charge in [0.2, 0.25) is 5.91 Å². The molecule has 0 saturated heterocycles. The maximum absolute atomic E-state index is 12.9. The molecule has 1 amide bonds. The van der Waals surface area contributed by atoms with Crippen LogP contribution in [0.25, 0.3) is 0 Å². The SMILES string of the molecule is C=CCn1c(SCC(=O)NC(C)C23CC4CC(CC(C4)C2)C3)nnc1C1CCCCC1. The minimum Gasteiger partial charge on any atom is -0.352 e. The smallest absolute Gasteiger partial charge is 0.230 e. The molecule has 5 aliphatic rings. The first-order valence-corrected chi connectivity index (χ1v) is 13.5. The molecule has 5 saturated carbocycles. The summed E-state index contributed by atoms with van der Waals surface area (Å²) in [4.78, 5) is 12.9. The van der Waals surface area contributed by atoms with E-state index in [1.807, 2.05) is 6.08 Å². The van der Waals surface area contributed by atoms with Gasteiger partial charge in [0, 0.05) is 18.5 Å². The predicted octanol–water partition coefficient (Wildman–Crippen LogP) is 5.33. The Hall–Kier alpha value is -1.30. The fraction of sp³-hybridized carbons (Fsp3) is 0.800. The Morgan fingerprint density at radius 2 is 1.81 bits per heavy atom. The van der Waals surface area contributed by atoms with Gasteiger partial charge in [-0.05, 0) is 81.5 Å². The van der Waals surface area contributed by atoms with Crippen LogP contribution in [-0.4, -0.2) is 32.5 Å². The van der Waals surface area contributed by atoms with Crippen LogP contribution < -0.4 is 5.32 Å². The molecule has 1 unspecified atom stereocenters. The number of allylic oxidation sites excluding steroid dienone is 1. The Morgan fingerprint density at radius 1 is 1.16 bits per heavy atom. The van der Waals surface area contributed by atoms with Crippen LogP contribution in [0.15, 0.2) is 17.8 Å². The van der Waals surface area contributed by atoms with Gasteiger partial charge in [-0.3, -0.25) is 4.79 Å². The van der Waals surface area contributed by atoms with Crippen molar-refractivity contribution in [3.8, 4) is 0 Å². The maximum Gasteiger partial charge on any atom is 0.230 e. The van der Waals surface area contributed by atoms with Crippen LogP contribution in [0, 0.1) is 23.2 Å². The van der Waals surface area contributed by atoms with Crippen molar-refractivity contribution in [1.29, 1.82) is 0 Å². The number of hydrogen-bond donors (Lipinski definition) is 1. The van der Waals surface area contributed by atoms with Crippen LogP contribution in [0.2, 0.25) is 0 Å². The van der Waals surface area contributed by atoms with E-state index >= 15 is 0 Å². The monoisotopic (exact) mass is 442 g/mol. The first-order chi connectivity index (χ1) is 15.1. The molecular formula is C25H38N4OS. The lowest BCUT2D eigenvalue weighted by atomic mass is 9.48. The van der Waals surface area contributed by atoms with Gasteiger partial charge in [0.15, 0.2) is 5.16 Å². The molecule has 170 valence electrons. The third-order valence-corrected chi connectivity index (χ3v) is 9.71. The second kappa shape index (κ2) is 8.92. The molecule has 1 aromatic rings. The minimum atomic E-state index is 0.139. The van der Waals surface area contributed by atoms with E-state index in [2.05, 4.69) is 33.6 Å². The average molecular weight is 443 g/mol. The summed E-state index contributed by atoms with van der Waals surface area (Å²) in [5.41, 5.74) is 0.353. The number of rotatable bonds is 8. The summed E-state index contributed by atoms with van der Waals surface area (Å²) in [5.74, 6) is 4.88. The van der Waals surface area contributed by atoms with Crippen LogP contribution in [-0.2, 0) is 11.3 Å². The van der Waals surface area contributed by atoms with E-state index in [0.717, 1.165) is 28.7 Å². The van der Waals surface area contributed by atoms with Crippen molar-refractivity contribution in [2.75, 3.05) is 5.75 Å². The number of nitrogens with one attached hydrogen (secondary N) is 1. The molecule has 0 aromatic carbocycles. The molecule has 0 spiro atoms. The van der Waals surface area contributed by atoms with E-state index < -0.39 is 0 Å². The van der Waals surface area contributed by atoms with Crippen molar-refractivity contribution >= 4 is 17.7 Å². The summed E-state index contributed by atoms with van der Waals surface area (Å²) in [6, 6.07) is 0.276. The maximum atomic E-state index is 12.9. The van der Waals surface area contributed by atoms with Gasteiger partial charge in [-0.2, -0.15) is 0 Å². The first kappa shape index (κ1) is 21.5. The predicted molar refractivity (Wildman–Crippen MR) is 125 cm³/mol. The largest absolute Gasteiger partial charge is 0.352 e. The number of nitrogens with zero attached hydrogens (tertiary/aromatic N) is 3. The van der Waals surface area contributed by atoms with Crippen molar-refractivity contribution in [1.82, 2.24) is 20.1 Å². The molecule has 5 fully saturated rings. The number of hydrogen-bond acceptors (Lipinski definition) is 4. The van der Waals surface area contributed by atoms with Gasteiger partial charge >= 0.3 is 0 Å². The molecule has 6 rings (SSSR count). The van der Waals surface area contributed by atoms with Gasteiger partial charge in [0.1, 0.15) is 5.82 Å². The molecule has 5 aliphatic carbocycles. The highest BCUT2D eigenvalue weighted by Gasteiger charge is 2.53. The number of amides is 1. The Morgan fingerprint density at radius 3 is 2.42 bits per heavy atom. The Labute approximate surface area is 191 Å². The lowest BCUT2D eigenvalue weighted by Crippen LogP contribution is -2.56. The third-order valence-electron chi connectivity index (χ3n) is 8.74. The number of aromatic nitrogens is 3. The van der Waals surface area contributed by atoms with Crippen LogP contribution in [0.3, 0.4) is 0 Å². The molecule has 5 nitrogen and oxygen atoms in total. The third kappa shape index (κ3) is 4.34. The molecule has 0 aliphatic heterocycles. The highest BCUT2D eigenvalue weighted by molar-refractivity contribution is 7.99. The quantitative estimate of drug-likeness (QED) is 0.437. The fourth-order valence-corrected chi connectivity index (χ4v) is 8.41. The number of thioether (sulfide) groups is 1. The average Bonchev–Trinajstić information content (AvgIpc) is 3.15. The lowest BCUT2D eigenvalue weighted by Gasteiger charge is -2.59. The van der Waals surface area contributed by atoms with Crippen LogP contribution in [0.5, 0.6) is 0 Å². The van der Waals surface area contributed by atoms with Gasteiger partial charge in [0.25, 0.3) is 0 Å². The van der Waals surface area contributed by atoms with Crippen LogP contribution >= 0.6 is 11.8 Å². The molecule has 1 heterocycles. The Bertz CT molecular complexity index is 777. The fourth-order valence-electron chi connectivity index (χ4n) is 7.64. The van der Waals surface area contributed by atoms with Crippen LogP contribution in [0.1, 0.15) is 89.3 Å². The summed E-state index contributed by atoms with van der Waals surface area (Å²) in [6.45, 7) is 6.90. The van der Waals surface area contributed by atoms with Gasteiger partial charge < -0.3 is 9.88 Å². The molecule has 31 heavy (non-hydrogen) atoms. The standard InChI is InChI=1S/C25H38N4OS/c1-3-9-29-23(21-7-5-4-6-8-21)27-28-24(29)31-16-22(30)26-17(2)25-13-18-10-19(14-25)12-20(11-18)15-25/h3,17-21H,1,4-16H2,2H3,(H,26,30). The number of carbonyl (C=O) groups excluding carboxylic acids is 1. The van der Waals surface area contributed by atoms with E-state index in [-0.39, 0.29) is 11.9 Å². The zero-order valence-corrected chi connectivity index (χ0v) is 19.8. The van der Waals surface area contributed by atoms with E-state index in [9.17, 15) is 4.79 Å². The lowest BCUT2D eigenvalue weighted by molar-refractivity contribution is -0.123. The first-order valence-electron chi connectivity index (χ1n) is 12.5. The van der Waals surface area contributed by atoms with Crippen molar-refractivity contribution in [3.63, 3.8) is 0 Å². The second-order valence-electron chi connectivity index (χ2n) is 10.9. The molecular weight excluding hydrogens is 404 g/mol. The van der Waals surface area contributed by atoms with Crippen molar-refractivity contribution in [2.24, 2.45) is 23.2 Å². The van der Waals surface area contributed by atoms with Crippen molar-refractivity contribution in [3.05, 3.63) is 18.5 Å². The highest BCUT2D eigenvalue weighted by atomic mass is 32.2. The van der Waals surface area contributed by atoms with Gasteiger partial charge in [-0.25, -0.2) is 0 Å². The molecule has 0 radical (unpaired) electrons. The minimum absolute atomic E-state index is 0.139. The summed E-state index contributed by atoms with van der Waals surface area (Å²) in [7, 11) is 0. The van der Waals surface area contributed by atoms with E-state index in [1.54, 1.807) is 0 Å². The van der Waals surface area contributed by atoms with Gasteiger partial charge in [-0.15, -0.1) is 16.8 Å². The number of carbonyl (C=O) groups is 1. The van der Waals surface area contributed by atoms with Crippen molar-refractivity contribution < 1.29 is 4.79 Å². The van der Waals surface area contributed by atoms with E-state index in [4.69, 9.17) is 0 Å². The molecule has 4 bridgehead atoms. The molecule has 1 atom stereocenters. The molecule has 1 N–H and O–H groups in total. The van der Waals surface area contributed by atoms with Crippen LogP contribution in [0.4, 0.5) is 0 Å². The summed E-state index contributed by atoms with van der Waals surface area (Å²) in [6.07, 6.45) is 16.5. The summed E-state index contributed by atoms with van der Waals surface area (Å²) < 4.78 is 2.18. The highest BCUT2D eigenvalue weighted by Crippen LogP contribution is 2.61. The second-order valence-corrected chi connectivity index (χ2v) is 11.9. The van der Waals surface area contributed by atoms with Crippen molar-refractivity contribution in [2.45, 2.75) is 101 Å². The Kier molecular flexibility index (Phi) is 6.19. The van der Waals surface area contributed by atoms with E-state index in [1.165, 1.54) is 82.4 Å². The zero-order valence-electron chi connectivity index (χ0n) is 19.0. The molecule has 1 aromatic heterocycles.